The predicted molar refractivity (Wildman–Crippen MR) is 71.7 cm³/mol. The van der Waals surface area contributed by atoms with Gasteiger partial charge >= 0.3 is 0 Å². The molecule has 0 atom stereocenters. The highest BCUT2D eigenvalue weighted by molar-refractivity contribution is 7.89. The van der Waals surface area contributed by atoms with Gasteiger partial charge in [0.25, 0.3) is 10.0 Å². The maximum atomic E-state index is 11.0. The molecule has 0 amide bonds. The van der Waals surface area contributed by atoms with Crippen LogP contribution in [0.1, 0.15) is 0 Å². The van der Waals surface area contributed by atoms with Gasteiger partial charge in [0, 0.05) is 17.8 Å². The van der Waals surface area contributed by atoms with Crippen LogP contribution in [0.25, 0.3) is 10.9 Å². The highest BCUT2D eigenvalue weighted by atomic mass is 32.2. The maximum absolute atomic E-state index is 11.0. The Kier molecular flexibility index (Phi) is 3.88. The second-order valence-electron chi connectivity index (χ2n) is 3.65. The molecule has 0 spiro atoms. The van der Waals surface area contributed by atoms with Gasteiger partial charge in [-0.15, -0.1) is 0 Å². The molecule has 0 aliphatic heterocycles. The largest absolute Gasteiger partial charge is 0.351 e. The molecule has 0 saturated heterocycles. The Morgan fingerprint density at radius 2 is 1.89 bits per heavy atom. The number of nitrogens with one attached hydrogen (secondary N) is 1. The molecule has 6 nitrogen and oxygen atoms in total. The number of sulfonamides is 1. The van der Waals surface area contributed by atoms with Gasteiger partial charge in [0.1, 0.15) is 0 Å². The highest BCUT2D eigenvalue weighted by Crippen LogP contribution is 2.13. The minimum Gasteiger partial charge on any atom is -0.351 e. The second-order valence-corrected chi connectivity index (χ2v) is 5.16. The van der Waals surface area contributed by atoms with Crippen molar-refractivity contribution in [1.82, 2.24) is 15.0 Å². The van der Waals surface area contributed by atoms with E-state index in [0.717, 1.165) is 5.39 Å². The first-order chi connectivity index (χ1) is 9.07. The number of imidazole rings is 1. The number of aromatic nitrogens is 3. The van der Waals surface area contributed by atoms with Crippen LogP contribution in [0.3, 0.4) is 0 Å². The number of fused-ring (bicyclic) bond motifs is 1. The van der Waals surface area contributed by atoms with Crippen LogP contribution in [0, 0.1) is 0 Å². The van der Waals surface area contributed by atoms with Crippen LogP contribution in [0.4, 0.5) is 0 Å². The quantitative estimate of drug-likeness (QED) is 0.699. The van der Waals surface area contributed by atoms with Gasteiger partial charge in [0.15, 0.2) is 5.03 Å². The van der Waals surface area contributed by atoms with Gasteiger partial charge in [-0.2, -0.15) is 0 Å². The van der Waals surface area contributed by atoms with Crippen LogP contribution in [-0.2, 0) is 10.0 Å². The van der Waals surface area contributed by atoms with E-state index in [1.807, 2.05) is 12.1 Å². The molecule has 0 unspecified atom stereocenters. The predicted octanol–water partition coefficient (Wildman–Crippen LogP) is 1.29. The van der Waals surface area contributed by atoms with Crippen molar-refractivity contribution in [2.75, 3.05) is 0 Å². The van der Waals surface area contributed by atoms with E-state index < -0.39 is 10.0 Å². The van der Waals surface area contributed by atoms with Crippen molar-refractivity contribution < 1.29 is 8.42 Å². The Balaban J connectivity index is 0.000000224. The van der Waals surface area contributed by atoms with Crippen molar-refractivity contribution in [2.45, 2.75) is 5.03 Å². The third kappa shape index (κ3) is 3.60. The van der Waals surface area contributed by atoms with Crippen LogP contribution in [0.2, 0.25) is 0 Å². The van der Waals surface area contributed by atoms with Crippen LogP contribution >= 0.6 is 0 Å². The van der Waals surface area contributed by atoms with Crippen molar-refractivity contribution in [1.29, 1.82) is 0 Å². The van der Waals surface area contributed by atoms with E-state index in [1.165, 1.54) is 6.07 Å². The standard InChI is InChI=1S/C9H8N2O2S.C3H4N2/c10-14(12,13)9-6-5-7-3-1-2-4-8(7)11-9;1-2-5-3-4-1/h1-6H,(H2,10,12,13);1-3H,(H,4,5). The van der Waals surface area contributed by atoms with Gasteiger partial charge in [0.2, 0.25) is 0 Å². The van der Waals surface area contributed by atoms with Gasteiger partial charge in [-0.3, -0.25) is 0 Å². The van der Waals surface area contributed by atoms with E-state index in [4.69, 9.17) is 5.14 Å². The Bertz CT molecular complexity index is 737. The summed E-state index contributed by atoms with van der Waals surface area (Å²) in [6.45, 7) is 0. The lowest BCUT2D eigenvalue weighted by Gasteiger charge is -1.99. The number of pyridine rings is 1. The Hall–Kier alpha value is -2.25. The van der Waals surface area contributed by atoms with Crippen molar-refractivity contribution in [3.8, 4) is 0 Å². The fraction of sp³-hybridized carbons (Fsp3) is 0. The van der Waals surface area contributed by atoms with Crippen LogP contribution in [0.5, 0.6) is 0 Å². The highest BCUT2D eigenvalue weighted by Gasteiger charge is 2.09. The zero-order chi connectivity index (χ0) is 13.7. The number of nitrogens with two attached hydrogens (primary N) is 1. The third-order valence-corrected chi connectivity index (χ3v) is 3.08. The average molecular weight is 276 g/mol. The molecule has 0 saturated carbocycles. The van der Waals surface area contributed by atoms with Gasteiger partial charge in [-0.1, -0.05) is 18.2 Å². The molecule has 0 bridgehead atoms. The Morgan fingerprint density at radius 3 is 2.47 bits per heavy atom. The average Bonchev–Trinajstić information content (AvgIpc) is 2.96. The van der Waals surface area contributed by atoms with E-state index in [1.54, 1.807) is 36.9 Å². The summed E-state index contributed by atoms with van der Waals surface area (Å²) in [6, 6.07) is 10.3. The lowest BCUT2D eigenvalue weighted by Crippen LogP contribution is -2.13. The van der Waals surface area contributed by atoms with E-state index in [-0.39, 0.29) is 5.03 Å². The molecule has 3 rings (SSSR count). The summed E-state index contributed by atoms with van der Waals surface area (Å²) in [5, 5.41) is 5.75. The number of hydrogen-bond acceptors (Lipinski definition) is 4. The van der Waals surface area contributed by atoms with Crippen LogP contribution < -0.4 is 5.14 Å². The number of para-hydroxylation sites is 1. The number of nitrogens with zero attached hydrogens (tertiary/aromatic N) is 2. The first kappa shape index (κ1) is 13.2. The molecule has 2 heterocycles. The molecular weight excluding hydrogens is 264 g/mol. The molecule has 0 radical (unpaired) electrons. The third-order valence-electron chi connectivity index (χ3n) is 2.27. The van der Waals surface area contributed by atoms with E-state index in [0.29, 0.717) is 5.52 Å². The topological polar surface area (TPSA) is 102 Å². The minimum atomic E-state index is -3.71. The molecule has 98 valence electrons. The summed E-state index contributed by atoms with van der Waals surface area (Å²) < 4.78 is 22.0. The maximum Gasteiger partial charge on any atom is 0.255 e. The number of hydrogen-bond donors (Lipinski definition) is 2. The van der Waals surface area contributed by atoms with Crippen molar-refractivity contribution in [2.24, 2.45) is 5.14 Å². The molecule has 7 heteroatoms. The van der Waals surface area contributed by atoms with E-state index in [2.05, 4.69) is 15.0 Å². The van der Waals surface area contributed by atoms with E-state index >= 15 is 0 Å². The van der Waals surface area contributed by atoms with E-state index in [9.17, 15) is 8.42 Å². The van der Waals surface area contributed by atoms with Crippen molar-refractivity contribution in [3.05, 3.63) is 55.1 Å². The summed E-state index contributed by atoms with van der Waals surface area (Å²) >= 11 is 0. The number of rotatable bonds is 1. The summed E-state index contributed by atoms with van der Waals surface area (Å²) in [5.41, 5.74) is 0.624. The SMILES string of the molecule is NS(=O)(=O)c1ccc2ccccc2n1.c1c[nH]cn1. The van der Waals surface area contributed by atoms with Crippen LogP contribution in [-0.4, -0.2) is 23.4 Å². The summed E-state index contributed by atoms with van der Waals surface area (Å²) in [6.07, 6.45) is 5.08. The van der Waals surface area contributed by atoms with Gasteiger partial charge in [0.05, 0.1) is 11.8 Å². The Labute approximate surface area is 110 Å². The van der Waals surface area contributed by atoms with Crippen molar-refractivity contribution in [3.63, 3.8) is 0 Å². The summed E-state index contributed by atoms with van der Waals surface area (Å²) in [5.74, 6) is 0. The fourth-order valence-corrected chi connectivity index (χ4v) is 1.90. The number of aromatic amines is 1. The molecule has 0 fully saturated rings. The second kappa shape index (κ2) is 5.59. The smallest absolute Gasteiger partial charge is 0.255 e. The lowest BCUT2D eigenvalue weighted by molar-refractivity contribution is 0.594. The zero-order valence-corrected chi connectivity index (χ0v) is 10.7. The normalized spacial score (nSPS) is 10.8. The fourth-order valence-electron chi connectivity index (χ4n) is 1.42. The molecule has 0 aliphatic rings. The zero-order valence-electron chi connectivity index (χ0n) is 9.89. The first-order valence-corrected chi connectivity index (χ1v) is 6.93. The van der Waals surface area contributed by atoms with Crippen molar-refractivity contribution >= 4 is 20.9 Å². The monoisotopic (exact) mass is 276 g/mol. The molecule has 3 N–H and O–H groups in total. The Morgan fingerprint density at radius 1 is 1.11 bits per heavy atom. The number of benzene rings is 1. The number of primary sulfonamides is 1. The summed E-state index contributed by atoms with van der Waals surface area (Å²) in [4.78, 5) is 10.4. The molecule has 2 aromatic heterocycles. The number of H-pyrrole nitrogens is 1. The van der Waals surface area contributed by atoms with Gasteiger partial charge in [-0.25, -0.2) is 23.5 Å². The molecule has 3 aromatic rings. The lowest BCUT2D eigenvalue weighted by atomic mass is 10.2. The first-order valence-electron chi connectivity index (χ1n) is 5.39. The van der Waals surface area contributed by atoms with Gasteiger partial charge < -0.3 is 4.98 Å². The summed E-state index contributed by atoms with van der Waals surface area (Å²) in [7, 11) is -3.71. The molecular formula is C12H12N4O2S. The minimum absolute atomic E-state index is 0.101. The van der Waals surface area contributed by atoms with Crippen LogP contribution in [0.15, 0.2) is 60.1 Å². The molecule has 19 heavy (non-hydrogen) atoms. The molecule has 0 aliphatic carbocycles. The van der Waals surface area contributed by atoms with Gasteiger partial charge in [-0.05, 0) is 18.2 Å². The molecule has 1 aromatic carbocycles.